The second-order valence-electron chi connectivity index (χ2n) is 2.95. The van der Waals surface area contributed by atoms with Crippen LogP contribution in [0.5, 0.6) is 0 Å². The van der Waals surface area contributed by atoms with Gasteiger partial charge in [0.1, 0.15) is 27.6 Å². The molecule has 1 nitrogen and oxygen atoms in total. The van der Waals surface area contributed by atoms with Crippen molar-refractivity contribution in [2.24, 2.45) is 0 Å². The Labute approximate surface area is 64.7 Å². The molecule has 0 bridgehead atoms. The Balaban J connectivity index is 3.79. The van der Waals surface area contributed by atoms with Gasteiger partial charge in [0.15, 0.2) is 0 Å². The lowest BCUT2D eigenvalue weighted by Gasteiger charge is -2.31. The first-order chi connectivity index (χ1) is 4.02. The van der Waals surface area contributed by atoms with Crippen LogP contribution in [0.25, 0.3) is 0 Å². The van der Waals surface area contributed by atoms with Crippen LogP contribution < -0.4 is 0 Å². The quantitative estimate of drug-likeness (QED) is 0.584. The zero-order valence-corrected chi connectivity index (χ0v) is 9.95. The first kappa shape index (κ1) is 9.61. The monoisotopic (exact) mass is 173 g/mol. The number of nitrogens with zero attached hydrogens (tertiary/aromatic N) is 1. The SMILES string of the molecule is C[Si]N([Si]C)[Si](C)(C)C. The molecule has 0 aromatic carbocycles. The van der Waals surface area contributed by atoms with Gasteiger partial charge in [0.25, 0.3) is 0 Å². The van der Waals surface area contributed by atoms with E-state index in [0.29, 0.717) is 0 Å². The van der Waals surface area contributed by atoms with Crippen molar-refractivity contribution in [3.63, 3.8) is 0 Å². The third-order valence-corrected chi connectivity index (χ3v) is 10.1. The molecule has 0 heterocycles. The van der Waals surface area contributed by atoms with E-state index < -0.39 is 8.24 Å². The Morgan fingerprint density at radius 2 is 1.33 bits per heavy atom. The zero-order chi connectivity index (χ0) is 7.49. The van der Waals surface area contributed by atoms with Crippen molar-refractivity contribution in [2.75, 3.05) is 0 Å². The molecule has 0 aliphatic carbocycles. The topological polar surface area (TPSA) is 3.24 Å². The summed E-state index contributed by atoms with van der Waals surface area (Å²) in [6.45, 7) is 11.8. The minimum Gasteiger partial charge on any atom is -0.373 e. The van der Waals surface area contributed by atoms with E-state index in [1.807, 2.05) is 0 Å². The maximum absolute atomic E-state index is 2.63. The fourth-order valence-electron chi connectivity index (χ4n) is 0.783. The fraction of sp³-hybridized carbons (Fsp3) is 1.00. The van der Waals surface area contributed by atoms with E-state index in [2.05, 4.69) is 36.6 Å². The summed E-state index contributed by atoms with van der Waals surface area (Å²) in [5, 5.41) is 0. The molecule has 0 aromatic rings. The molecule has 4 heteroatoms. The van der Waals surface area contributed by atoms with E-state index >= 15 is 0 Å². The maximum atomic E-state index is 2.63. The van der Waals surface area contributed by atoms with Crippen molar-refractivity contribution in [3.8, 4) is 0 Å². The van der Waals surface area contributed by atoms with Crippen LogP contribution in [0.1, 0.15) is 0 Å². The molecule has 52 valence electrons. The van der Waals surface area contributed by atoms with Gasteiger partial charge in [-0.25, -0.2) is 0 Å². The molecule has 9 heavy (non-hydrogen) atoms. The van der Waals surface area contributed by atoms with E-state index in [-0.39, 0.29) is 0 Å². The standard InChI is InChI=1S/C5H15NSi3/c1-7-6(8-2)9(3,4)5/h1-5H3. The second-order valence-corrected chi connectivity index (χ2v) is 10.9. The van der Waals surface area contributed by atoms with Crippen molar-refractivity contribution in [1.29, 1.82) is 0 Å². The minimum atomic E-state index is -0.929. The molecule has 0 unspecified atom stereocenters. The molecule has 0 saturated carbocycles. The molecule has 0 amide bonds. The van der Waals surface area contributed by atoms with Crippen molar-refractivity contribution in [3.05, 3.63) is 0 Å². The van der Waals surface area contributed by atoms with Crippen LogP contribution in [0.3, 0.4) is 0 Å². The number of hydrogen-bond donors (Lipinski definition) is 0. The van der Waals surface area contributed by atoms with Crippen molar-refractivity contribution < 1.29 is 0 Å². The average Bonchev–Trinajstić information content (AvgIpc) is 1.65. The third-order valence-electron chi connectivity index (χ3n) is 1.12. The highest BCUT2D eigenvalue weighted by Gasteiger charge is 2.19. The molecule has 0 atom stereocenters. The van der Waals surface area contributed by atoms with Crippen LogP contribution in [-0.2, 0) is 0 Å². The van der Waals surface area contributed by atoms with E-state index in [1.165, 1.54) is 0 Å². The average molecular weight is 173 g/mol. The lowest BCUT2D eigenvalue weighted by molar-refractivity contribution is 1.02. The van der Waals surface area contributed by atoms with Crippen LogP contribution in [0.4, 0.5) is 0 Å². The third kappa shape index (κ3) is 3.34. The van der Waals surface area contributed by atoms with Gasteiger partial charge in [-0.05, 0) is 0 Å². The molecular weight excluding hydrogens is 158 g/mol. The van der Waals surface area contributed by atoms with Crippen molar-refractivity contribution in [1.82, 2.24) is 3.90 Å². The van der Waals surface area contributed by atoms with Crippen molar-refractivity contribution >= 4 is 27.6 Å². The molecule has 0 fully saturated rings. The normalized spacial score (nSPS) is 12.7. The molecule has 0 N–H and O–H groups in total. The van der Waals surface area contributed by atoms with Gasteiger partial charge in [-0.2, -0.15) is 0 Å². The highest BCUT2D eigenvalue weighted by molar-refractivity contribution is 6.85. The van der Waals surface area contributed by atoms with Gasteiger partial charge in [-0.3, -0.25) is 0 Å². The predicted molar refractivity (Wildman–Crippen MR) is 48.4 cm³/mol. The van der Waals surface area contributed by atoms with Gasteiger partial charge in [0, 0.05) is 0 Å². The lowest BCUT2D eigenvalue weighted by atomic mass is 11.8. The minimum absolute atomic E-state index is 0.929. The van der Waals surface area contributed by atoms with Crippen LogP contribution in [0.15, 0.2) is 0 Å². The first-order valence-corrected chi connectivity index (χ1v) is 9.51. The highest BCUT2D eigenvalue weighted by Crippen LogP contribution is 2.04. The van der Waals surface area contributed by atoms with Crippen LogP contribution in [0, 0.1) is 0 Å². The summed E-state index contributed by atoms with van der Waals surface area (Å²) in [7, 11) is 1.09. The Bertz CT molecular complexity index is 74.8. The zero-order valence-electron chi connectivity index (χ0n) is 6.95. The highest BCUT2D eigenvalue weighted by atomic mass is 28.4. The van der Waals surface area contributed by atoms with E-state index in [1.54, 1.807) is 0 Å². The lowest BCUT2D eigenvalue weighted by Crippen LogP contribution is -2.48. The first-order valence-electron chi connectivity index (χ1n) is 3.17. The molecule has 0 rings (SSSR count). The second kappa shape index (κ2) is 3.70. The summed E-state index contributed by atoms with van der Waals surface area (Å²) in [5.74, 6) is 0. The maximum Gasteiger partial charge on any atom is 0.123 e. The molecule has 0 aliphatic heterocycles. The van der Waals surface area contributed by atoms with Gasteiger partial charge in [-0.1, -0.05) is 32.7 Å². The number of hydrogen-bond acceptors (Lipinski definition) is 1. The summed E-state index contributed by atoms with van der Waals surface area (Å²) in [6.07, 6.45) is 0. The van der Waals surface area contributed by atoms with Gasteiger partial charge < -0.3 is 3.90 Å². The van der Waals surface area contributed by atoms with Crippen LogP contribution in [0.2, 0.25) is 32.7 Å². The van der Waals surface area contributed by atoms with Gasteiger partial charge in [0.2, 0.25) is 0 Å². The number of rotatable bonds is 3. The van der Waals surface area contributed by atoms with Gasteiger partial charge >= 0.3 is 0 Å². The molecule has 0 spiro atoms. The summed E-state index contributed by atoms with van der Waals surface area (Å²) in [6, 6.07) is 0. The summed E-state index contributed by atoms with van der Waals surface area (Å²) in [5.41, 5.74) is 0. The van der Waals surface area contributed by atoms with E-state index in [0.717, 1.165) is 19.4 Å². The van der Waals surface area contributed by atoms with Crippen LogP contribution in [-0.4, -0.2) is 31.5 Å². The van der Waals surface area contributed by atoms with Crippen LogP contribution >= 0.6 is 0 Å². The fourth-order valence-corrected chi connectivity index (χ4v) is 7.04. The Morgan fingerprint density at radius 1 is 1.00 bits per heavy atom. The van der Waals surface area contributed by atoms with E-state index in [4.69, 9.17) is 0 Å². The Hall–Kier alpha value is 0.611. The molecular formula is C5H15NSi3. The Kier molecular flexibility index (Phi) is 3.95. The molecule has 0 aliphatic rings. The summed E-state index contributed by atoms with van der Waals surface area (Å²) < 4.78 is 2.63. The Morgan fingerprint density at radius 3 is 1.33 bits per heavy atom. The smallest absolute Gasteiger partial charge is 0.123 e. The van der Waals surface area contributed by atoms with Crippen molar-refractivity contribution in [2.45, 2.75) is 32.7 Å². The largest absolute Gasteiger partial charge is 0.373 e. The van der Waals surface area contributed by atoms with Gasteiger partial charge in [0.05, 0.1) is 0 Å². The summed E-state index contributed by atoms with van der Waals surface area (Å²) >= 11 is 0. The van der Waals surface area contributed by atoms with E-state index in [9.17, 15) is 0 Å². The summed E-state index contributed by atoms with van der Waals surface area (Å²) in [4.78, 5) is 0. The van der Waals surface area contributed by atoms with Gasteiger partial charge in [-0.15, -0.1) is 0 Å². The molecule has 4 radical (unpaired) electrons. The predicted octanol–water partition coefficient (Wildman–Crippen LogP) is 1.46. The molecule has 0 aromatic heterocycles. The molecule has 0 saturated heterocycles.